The van der Waals surface area contributed by atoms with Crippen LogP contribution in [-0.2, 0) is 9.31 Å². The molecule has 1 aliphatic heterocycles. The summed E-state index contributed by atoms with van der Waals surface area (Å²) in [6.07, 6.45) is 3.68. The number of ether oxygens (including phenoxy) is 1. The van der Waals surface area contributed by atoms with Crippen LogP contribution in [0.5, 0.6) is 5.75 Å². The molecule has 0 bridgehead atoms. The summed E-state index contributed by atoms with van der Waals surface area (Å²) in [7, 11) is 1.50. The van der Waals surface area contributed by atoms with Gasteiger partial charge in [0.05, 0.1) is 18.3 Å². The largest absolute Gasteiger partial charge is 0.497 e. The minimum Gasteiger partial charge on any atom is -0.497 e. The van der Waals surface area contributed by atoms with Gasteiger partial charge in [0.15, 0.2) is 0 Å². The predicted octanol–water partition coefficient (Wildman–Crippen LogP) is 4.45. The van der Waals surface area contributed by atoms with Crippen LogP contribution in [0, 0.1) is 0 Å². The van der Waals surface area contributed by atoms with E-state index in [0.717, 1.165) is 18.5 Å². The van der Waals surface area contributed by atoms with E-state index in [1.165, 1.54) is 5.56 Å². The van der Waals surface area contributed by atoms with Crippen LogP contribution in [0.4, 0.5) is 0 Å². The monoisotopic (exact) mass is 302 g/mol. The van der Waals surface area contributed by atoms with Crippen LogP contribution in [-0.4, -0.2) is 25.4 Å². The van der Waals surface area contributed by atoms with E-state index in [4.69, 9.17) is 14.0 Å². The van der Waals surface area contributed by atoms with Gasteiger partial charge in [-0.1, -0.05) is 18.2 Å². The second-order valence-corrected chi connectivity index (χ2v) is 6.92. The van der Waals surface area contributed by atoms with Crippen molar-refractivity contribution in [2.75, 3.05) is 7.11 Å². The van der Waals surface area contributed by atoms with Gasteiger partial charge in [-0.15, -0.1) is 6.58 Å². The number of allylic oxidation sites excluding steroid dienone is 1. The molecule has 1 aliphatic rings. The van der Waals surface area contributed by atoms with Crippen LogP contribution in [0.3, 0.4) is 0 Å². The summed E-state index contributed by atoms with van der Waals surface area (Å²) < 4.78 is 17.5. The molecule has 0 spiro atoms. The fraction of sp³-hybridized carbons (Fsp3) is 0.556. The van der Waals surface area contributed by atoms with E-state index in [2.05, 4.69) is 46.4 Å². The van der Waals surface area contributed by atoms with Crippen LogP contribution >= 0.6 is 0 Å². The molecule has 1 heterocycles. The second-order valence-electron chi connectivity index (χ2n) is 6.92. The Balaban J connectivity index is 2.11. The minimum atomic E-state index is -0.281. The third kappa shape index (κ3) is 3.56. The Morgan fingerprint density at radius 3 is 2.14 bits per heavy atom. The summed E-state index contributed by atoms with van der Waals surface area (Å²) in [5.41, 5.74) is 0.697. The van der Waals surface area contributed by atoms with Gasteiger partial charge >= 0.3 is 7.12 Å². The van der Waals surface area contributed by atoms with Crippen molar-refractivity contribution in [1.82, 2.24) is 0 Å². The zero-order valence-electron chi connectivity index (χ0n) is 14.4. The Morgan fingerprint density at radius 2 is 1.68 bits per heavy atom. The van der Waals surface area contributed by atoms with Crippen LogP contribution < -0.4 is 4.74 Å². The first kappa shape index (κ1) is 17.1. The average Bonchev–Trinajstić information content (AvgIpc) is 2.66. The normalized spacial score (nSPS) is 20.7. The fourth-order valence-electron chi connectivity index (χ4n) is 2.74. The first-order valence-electron chi connectivity index (χ1n) is 7.89. The van der Waals surface area contributed by atoms with Gasteiger partial charge in [0.1, 0.15) is 5.75 Å². The van der Waals surface area contributed by atoms with Gasteiger partial charge < -0.3 is 14.0 Å². The lowest BCUT2D eigenvalue weighted by Crippen LogP contribution is -2.41. The summed E-state index contributed by atoms with van der Waals surface area (Å²) in [4.78, 5) is 0. The molecule has 0 aliphatic carbocycles. The highest BCUT2D eigenvalue weighted by atomic mass is 16.7. The molecule has 2 rings (SSSR count). The Bertz CT molecular complexity index is 492. The molecule has 4 heteroatoms. The zero-order chi connectivity index (χ0) is 16.4. The molecule has 0 unspecified atom stereocenters. The summed E-state index contributed by atoms with van der Waals surface area (Å²) in [5, 5.41) is 0. The second kappa shape index (κ2) is 6.47. The molecule has 22 heavy (non-hydrogen) atoms. The standard InChI is InChI=1S/C18H27BO3/c1-7-8-15(14-9-11-16(20-6)12-10-14)13-19-21-17(2,3)18(4,5)22-19/h7,9-12,15H,1,8,13H2,2-6H3/t15-/m0/s1. The SMILES string of the molecule is C=CC[C@@H](CB1OC(C)(C)C(C)(C)O1)c1ccc(OC)cc1. The molecule has 0 N–H and O–H groups in total. The summed E-state index contributed by atoms with van der Waals surface area (Å²) >= 11 is 0. The minimum absolute atomic E-state index is 0.183. The highest BCUT2D eigenvalue weighted by molar-refractivity contribution is 6.45. The maximum atomic E-state index is 6.13. The molecule has 0 saturated carbocycles. The van der Waals surface area contributed by atoms with Crippen LogP contribution in [0.15, 0.2) is 36.9 Å². The molecular weight excluding hydrogens is 275 g/mol. The maximum absolute atomic E-state index is 6.13. The lowest BCUT2D eigenvalue weighted by atomic mass is 9.73. The zero-order valence-corrected chi connectivity index (χ0v) is 14.4. The molecule has 0 radical (unpaired) electrons. The summed E-state index contributed by atoms with van der Waals surface area (Å²) in [5.74, 6) is 1.20. The molecule has 1 fully saturated rings. The van der Waals surface area contributed by atoms with Crippen molar-refractivity contribution in [2.45, 2.75) is 57.6 Å². The highest BCUT2D eigenvalue weighted by Gasteiger charge is 2.51. The smallest absolute Gasteiger partial charge is 0.458 e. The van der Waals surface area contributed by atoms with Gasteiger partial charge in [-0.2, -0.15) is 0 Å². The quantitative estimate of drug-likeness (QED) is 0.574. The van der Waals surface area contributed by atoms with E-state index in [1.54, 1.807) is 7.11 Å². The first-order valence-corrected chi connectivity index (χ1v) is 7.89. The van der Waals surface area contributed by atoms with Crippen molar-refractivity contribution in [1.29, 1.82) is 0 Å². The van der Waals surface area contributed by atoms with E-state index in [0.29, 0.717) is 5.92 Å². The lowest BCUT2D eigenvalue weighted by Gasteiger charge is -2.32. The van der Waals surface area contributed by atoms with Gasteiger partial charge in [0.2, 0.25) is 0 Å². The summed E-state index contributed by atoms with van der Waals surface area (Å²) in [6.45, 7) is 12.2. The van der Waals surface area contributed by atoms with Gasteiger partial charge in [-0.3, -0.25) is 0 Å². The van der Waals surface area contributed by atoms with E-state index < -0.39 is 0 Å². The van der Waals surface area contributed by atoms with Crippen molar-refractivity contribution in [3.63, 3.8) is 0 Å². The third-order valence-electron chi connectivity index (χ3n) is 4.82. The van der Waals surface area contributed by atoms with E-state index in [-0.39, 0.29) is 18.3 Å². The van der Waals surface area contributed by atoms with E-state index in [9.17, 15) is 0 Å². The summed E-state index contributed by atoms with van der Waals surface area (Å²) in [6, 6.07) is 8.21. The third-order valence-corrected chi connectivity index (χ3v) is 4.82. The van der Waals surface area contributed by atoms with Gasteiger partial charge in [0.25, 0.3) is 0 Å². The van der Waals surface area contributed by atoms with Crippen LogP contribution in [0.2, 0.25) is 6.32 Å². The molecular formula is C18H27BO3. The van der Waals surface area contributed by atoms with Crippen molar-refractivity contribution >= 4 is 7.12 Å². The number of benzene rings is 1. The van der Waals surface area contributed by atoms with Crippen molar-refractivity contribution < 1.29 is 14.0 Å². The van der Waals surface area contributed by atoms with Crippen LogP contribution in [0.25, 0.3) is 0 Å². The van der Waals surface area contributed by atoms with Crippen molar-refractivity contribution in [2.24, 2.45) is 0 Å². The van der Waals surface area contributed by atoms with Crippen molar-refractivity contribution in [3.8, 4) is 5.75 Å². The molecule has 1 saturated heterocycles. The Morgan fingerprint density at radius 1 is 1.14 bits per heavy atom. The molecule has 1 atom stereocenters. The Hall–Kier alpha value is -1.26. The predicted molar refractivity (Wildman–Crippen MR) is 91.4 cm³/mol. The van der Waals surface area contributed by atoms with E-state index >= 15 is 0 Å². The Labute approximate surface area is 134 Å². The fourth-order valence-corrected chi connectivity index (χ4v) is 2.74. The number of rotatable bonds is 6. The molecule has 1 aromatic rings. The Kier molecular flexibility index (Phi) is 5.03. The first-order chi connectivity index (χ1) is 10.3. The maximum Gasteiger partial charge on any atom is 0.458 e. The van der Waals surface area contributed by atoms with E-state index in [1.807, 2.05) is 18.2 Å². The molecule has 120 valence electrons. The number of methoxy groups -OCH3 is 1. The average molecular weight is 302 g/mol. The van der Waals surface area contributed by atoms with Crippen molar-refractivity contribution in [3.05, 3.63) is 42.5 Å². The van der Waals surface area contributed by atoms with Gasteiger partial charge in [-0.05, 0) is 64.1 Å². The molecule has 0 aromatic heterocycles. The lowest BCUT2D eigenvalue weighted by molar-refractivity contribution is 0.00578. The number of hydrogen-bond donors (Lipinski definition) is 0. The van der Waals surface area contributed by atoms with Crippen LogP contribution in [0.1, 0.15) is 45.6 Å². The van der Waals surface area contributed by atoms with Gasteiger partial charge in [0, 0.05) is 0 Å². The highest BCUT2D eigenvalue weighted by Crippen LogP contribution is 2.40. The molecule has 1 aromatic carbocycles. The number of hydrogen-bond acceptors (Lipinski definition) is 3. The van der Waals surface area contributed by atoms with Gasteiger partial charge in [-0.25, -0.2) is 0 Å². The molecule has 3 nitrogen and oxygen atoms in total. The molecule has 0 amide bonds. The topological polar surface area (TPSA) is 27.7 Å².